The van der Waals surface area contributed by atoms with Crippen LogP contribution in [0, 0.1) is 0 Å². The molecule has 0 bridgehead atoms. The van der Waals surface area contributed by atoms with Gasteiger partial charge in [0, 0.05) is 36.6 Å². The lowest BCUT2D eigenvalue weighted by Crippen LogP contribution is -2.34. The number of amides is 2. The first kappa shape index (κ1) is 21.7. The van der Waals surface area contributed by atoms with Crippen LogP contribution in [-0.2, 0) is 38.8 Å². The minimum absolute atomic E-state index is 0.0818. The fraction of sp³-hybridized carbons (Fsp3) is 0.500. The third-order valence-electron chi connectivity index (χ3n) is 5.52. The molecule has 0 spiro atoms. The number of thioether (sulfide) groups is 1. The Morgan fingerprint density at radius 1 is 1.26 bits per heavy atom. The molecule has 1 saturated heterocycles. The highest BCUT2D eigenvalue weighted by molar-refractivity contribution is 7.98. The second-order valence-electron chi connectivity index (χ2n) is 7.76. The van der Waals surface area contributed by atoms with Gasteiger partial charge in [0.15, 0.2) is 0 Å². The Labute approximate surface area is 186 Å². The third-order valence-corrected chi connectivity index (χ3v) is 6.49. The predicted molar refractivity (Wildman–Crippen MR) is 119 cm³/mol. The highest BCUT2D eigenvalue weighted by atomic mass is 32.2. The number of methoxy groups -OCH3 is 1. The molecule has 0 unspecified atom stereocenters. The van der Waals surface area contributed by atoms with Gasteiger partial charge in [0.2, 0.25) is 11.8 Å². The third kappa shape index (κ3) is 5.59. The van der Waals surface area contributed by atoms with E-state index in [0.29, 0.717) is 25.2 Å². The van der Waals surface area contributed by atoms with Gasteiger partial charge in [-0.05, 0) is 37.0 Å². The van der Waals surface area contributed by atoms with Crippen molar-refractivity contribution >= 4 is 29.4 Å². The van der Waals surface area contributed by atoms with Gasteiger partial charge in [0.1, 0.15) is 18.1 Å². The lowest BCUT2D eigenvalue weighted by atomic mass is 10.1. The lowest BCUT2D eigenvalue weighted by molar-refractivity contribution is -0.122. The van der Waals surface area contributed by atoms with E-state index in [1.807, 2.05) is 24.3 Å². The van der Waals surface area contributed by atoms with E-state index in [1.54, 1.807) is 23.6 Å². The molecule has 1 aromatic heterocycles. The van der Waals surface area contributed by atoms with Gasteiger partial charge in [-0.1, -0.05) is 12.1 Å². The SMILES string of the molecule is COc1ccc(CCC(=O)Nc2c3c(nn2CC(=O)NC[C@H]2CCCO2)CSC3)cc1. The number of nitrogens with one attached hydrogen (secondary N) is 2. The fourth-order valence-corrected chi connectivity index (χ4v) is 4.82. The maximum Gasteiger partial charge on any atom is 0.241 e. The van der Waals surface area contributed by atoms with Crippen LogP contribution in [0.2, 0.25) is 0 Å². The Morgan fingerprint density at radius 3 is 2.84 bits per heavy atom. The van der Waals surface area contributed by atoms with Crippen molar-refractivity contribution in [2.75, 3.05) is 25.6 Å². The fourth-order valence-electron chi connectivity index (χ4n) is 3.79. The van der Waals surface area contributed by atoms with E-state index in [4.69, 9.17) is 9.47 Å². The number of ether oxygens (including phenoxy) is 2. The predicted octanol–water partition coefficient (Wildman–Crippen LogP) is 2.50. The molecular weight excluding hydrogens is 416 g/mol. The van der Waals surface area contributed by atoms with E-state index in [1.165, 1.54) is 0 Å². The second-order valence-corrected chi connectivity index (χ2v) is 8.75. The number of rotatable bonds is 9. The molecule has 2 aromatic rings. The number of fused-ring (bicyclic) bond motifs is 1. The van der Waals surface area contributed by atoms with Crippen LogP contribution < -0.4 is 15.4 Å². The van der Waals surface area contributed by atoms with Crippen molar-refractivity contribution < 1.29 is 19.1 Å². The second kappa shape index (κ2) is 10.2. The van der Waals surface area contributed by atoms with Crippen LogP contribution in [0.4, 0.5) is 5.82 Å². The van der Waals surface area contributed by atoms with Crippen LogP contribution in [0.15, 0.2) is 24.3 Å². The van der Waals surface area contributed by atoms with Crippen molar-refractivity contribution in [3.8, 4) is 5.75 Å². The molecule has 1 atom stereocenters. The summed E-state index contributed by atoms with van der Waals surface area (Å²) in [6.45, 7) is 1.36. The smallest absolute Gasteiger partial charge is 0.241 e. The Hall–Kier alpha value is -2.52. The van der Waals surface area contributed by atoms with Crippen LogP contribution in [0.5, 0.6) is 5.75 Å². The van der Waals surface area contributed by atoms with Gasteiger partial charge in [-0.2, -0.15) is 16.9 Å². The number of carbonyl (C=O) groups is 2. The van der Waals surface area contributed by atoms with Crippen molar-refractivity contribution in [2.45, 2.75) is 49.8 Å². The lowest BCUT2D eigenvalue weighted by Gasteiger charge is -2.13. The summed E-state index contributed by atoms with van der Waals surface area (Å²) in [5, 5.41) is 10.5. The molecule has 2 amide bonds. The number of aromatic nitrogens is 2. The molecule has 0 radical (unpaired) electrons. The molecule has 9 heteroatoms. The van der Waals surface area contributed by atoms with Gasteiger partial charge in [-0.15, -0.1) is 0 Å². The Bertz CT molecular complexity index is 922. The van der Waals surface area contributed by atoms with E-state index in [0.717, 1.165) is 53.5 Å². The Kier molecular flexibility index (Phi) is 7.14. The molecule has 8 nitrogen and oxygen atoms in total. The summed E-state index contributed by atoms with van der Waals surface area (Å²) in [6, 6.07) is 7.70. The minimum Gasteiger partial charge on any atom is -0.497 e. The van der Waals surface area contributed by atoms with Crippen molar-refractivity contribution in [3.05, 3.63) is 41.1 Å². The maximum atomic E-state index is 12.6. The van der Waals surface area contributed by atoms with Crippen LogP contribution in [0.25, 0.3) is 0 Å². The number of hydrogen-bond donors (Lipinski definition) is 2. The number of anilines is 1. The first-order valence-electron chi connectivity index (χ1n) is 10.6. The standard InChI is InChI=1S/C22H28N4O4S/c1-29-16-7-4-15(5-8-16)6-9-20(27)24-22-18-13-31-14-19(18)25-26(22)12-21(28)23-11-17-3-2-10-30-17/h4-5,7-8,17H,2-3,6,9-14H2,1H3,(H,23,28)(H,24,27)/t17-/m1/s1. The van der Waals surface area contributed by atoms with Crippen molar-refractivity contribution in [1.82, 2.24) is 15.1 Å². The number of nitrogens with zero attached hydrogens (tertiary/aromatic N) is 2. The Balaban J connectivity index is 1.35. The van der Waals surface area contributed by atoms with Crippen molar-refractivity contribution in [1.29, 1.82) is 0 Å². The van der Waals surface area contributed by atoms with E-state index in [-0.39, 0.29) is 24.5 Å². The van der Waals surface area contributed by atoms with Crippen LogP contribution in [0.3, 0.4) is 0 Å². The van der Waals surface area contributed by atoms with Gasteiger partial charge in [0.25, 0.3) is 0 Å². The van der Waals surface area contributed by atoms with E-state index >= 15 is 0 Å². The van der Waals surface area contributed by atoms with Crippen molar-refractivity contribution in [2.24, 2.45) is 0 Å². The minimum atomic E-state index is -0.127. The number of aryl methyl sites for hydroxylation is 1. The zero-order chi connectivity index (χ0) is 21.6. The molecule has 0 aliphatic carbocycles. The molecule has 0 saturated carbocycles. The summed E-state index contributed by atoms with van der Waals surface area (Å²) in [7, 11) is 1.63. The van der Waals surface area contributed by atoms with E-state index in [2.05, 4.69) is 15.7 Å². The molecule has 31 heavy (non-hydrogen) atoms. The summed E-state index contributed by atoms with van der Waals surface area (Å²) in [6.07, 6.45) is 3.09. The zero-order valence-corrected chi connectivity index (χ0v) is 18.5. The maximum absolute atomic E-state index is 12.6. The molecule has 2 aliphatic heterocycles. The topological polar surface area (TPSA) is 94.5 Å². The van der Waals surface area contributed by atoms with Crippen LogP contribution in [0.1, 0.15) is 36.1 Å². The number of hydrogen-bond acceptors (Lipinski definition) is 6. The molecule has 2 aliphatic rings. The Morgan fingerprint density at radius 2 is 2.10 bits per heavy atom. The van der Waals surface area contributed by atoms with Crippen LogP contribution >= 0.6 is 11.8 Å². The summed E-state index contributed by atoms with van der Waals surface area (Å²) < 4.78 is 12.3. The average molecular weight is 445 g/mol. The normalized spacial score (nSPS) is 17.4. The van der Waals surface area contributed by atoms with Gasteiger partial charge in [-0.3, -0.25) is 9.59 Å². The van der Waals surface area contributed by atoms with E-state index < -0.39 is 0 Å². The zero-order valence-electron chi connectivity index (χ0n) is 17.7. The summed E-state index contributed by atoms with van der Waals surface area (Å²) in [5.74, 6) is 2.82. The summed E-state index contributed by atoms with van der Waals surface area (Å²) in [4.78, 5) is 25.1. The van der Waals surface area contributed by atoms with Gasteiger partial charge in [-0.25, -0.2) is 4.68 Å². The van der Waals surface area contributed by atoms with Gasteiger partial charge in [0.05, 0.1) is 18.9 Å². The van der Waals surface area contributed by atoms with Gasteiger partial charge < -0.3 is 20.1 Å². The quantitative estimate of drug-likeness (QED) is 0.617. The van der Waals surface area contributed by atoms with Crippen molar-refractivity contribution in [3.63, 3.8) is 0 Å². The molecule has 4 rings (SSSR count). The molecule has 166 valence electrons. The number of carbonyl (C=O) groups excluding carboxylic acids is 2. The molecule has 1 aromatic carbocycles. The van der Waals surface area contributed by atoms with Gasteiger partial charge >= 0.3 is 0 Å². The first-order valence-corrected chi connectivity index (χ1v) is 11.7. The van der Waals surface area contributed by atoms with Crippen LogP contribution in [-0.4, -0.2) is 48.0 Å². The molecular formula is C22H28N4O4S. The monoisotopic (exact) mass is 444 g/mol. The summed E-state index contributed by atoms with van der Waals surface area (Å²) in [5.41, 5.74) is 3.04. The van der Waals surface area contributed by atoms with E-state index in [9.17, 15) is 9.59 Å². The number of benzene rings is 1. The highest BCUT2D eigenvalue weighted by Crippen LogP contribution is 2.34. The molecule has 2 N–H and O–H groups in total. The molecule has 3 heterocycles. The first-order chi connectivity index (χ1) is 15.1. The molecule has 1 fully saturated rings. The highest BCUT2D eigenvalue weighted by Gasteiger charge is 2.25. The largest absolute Gasteiger partial charge is 0.497 e. The summed E-state index contributed by atoms with van der Waals surface area (Å²) >= 11 is 1.76. The average Bonchev–Trinajstić information content (AvgIpc) is 3.51.